The van der Waals surface area contributed by atoms with Crippen LogP contribution in [0, 0.1) is 0 Å². The molecule has 2 aromatic rings. The summed E-state index contributed by atoms with van der Waals surface area (Å²) >= 11 is 0. The molecule has 23 heavy (non-hydrogen) atoms. The second kappa shape index (κ2) is 6.66. The average molecular weight is 318 g/mol. The van der Waals surface area contributed by atoms with E-state index in [4.69, 9.17) is 9.47 Å². The summed E-state index contributed by atoms with van der Waals surface area (Å²) in [5.74, 6) is 0.336. The summed E-state index contributed by atoms with van der Waals surface area (Å²) < 4.78 is 10.4. The van der Waals surface area contributed by atoms with Crippen molar-refractivity contribution < 1.29 is 14.3 Å². The number of aromatic nitrogens is 2. The highest BCUT2D eigenvalue weighted by molar-refractivity contribution is 5.91. The second-order valence-corrected chi connectivity index (χ2v) is 5.25. The number of hydrogen-bond donors (Lipinski definition) is 3. The number of pyridine rings is 2. The Morgan fingerprint density at radius 3 is 3.13 bits per heavy atom. The van der Waals surface area contributed by atoms with E-state index in [-0.39, 0.29) is 22.7 Å². The molecule has 0 bridgehead atoms. The maximum Gasteiger partial charge on any atom is 0.319 e. The van der Waals surface area contributed by atoms with Crippen LogP contribution in [0.4, 0.5) is 10.5 Å². The first-order chi connectivity index (χ1) is 11.2. The van der Waals surface area contributed by atoms with Gasteiger partial charge in [-0.25, -0.2) is 9.78 Å². The van der Waals surface area contributed by atoms with E-state index in [2.05, 4.69) is 20.6 Å². The number of carbonyl (C=O) groups excluding carboxylic acids is 1. The Morgan fingerprint density at radius 2 is 2.39 bits per heavy atom. The van der Waals surface area contributed by atoms with Gasteiger partial charge in [-0.05, 0) is 18.9 Å². The molecule has 3 rings (SSSR count). The minimum atomic E-state index is -0.451. The van der Waals surface area contributed by atoms with Crippen LogP contribution in [0.25, 0.3) is 11.0 Å². The number of H-pyrrole nitrogens is 1. The molecule has 2 amide bonds. The fourth-order valence-electron chi connectivity index (χ4n) is 2.46. The van der Waals surface area contributed by atoms with Crippen molar-refractivity contribution in [2.75, 3.05) is 25.6 Å². The number of ether oxygens (including phenoxy) is 2. The number of aromatic amines is 1. The molecular formula is C15H18N4O4. The summed E-state index contributed by atoms with van der Waals surface area (Å²) in [5.41, 5.74) is 0.537. The van der Waals surface area contributed by atoms with Crippen molar-refractivity contribution in [1.29, 1.82) is 0 Å². The molecule has 0 radical (unpaired) electrons. The topological polar surface area (TPSA) is 105 Å². The largest absolute Gasteiger partial charge is 0.481 e. The second-order valence-electron chi connectivity index (χ2n) is 5.25. The third kappa shape index (κ3) is 3.42. The molecule has 122 valence electrons. The first-order valence-corrected chi connectivity index (χ1v) is 7.40. The van der Waals surface area contributed by atoms with Crippen molar-refractivity contribution in [2.24, 2.45) is 0 Å². The Labute approximate surface area is 132 Å². The standard InChI is InChI=1S/C15H18N4O4/c1-22-12-5-4-10-13(19-12)14(20)11(8-16-10)18-15(21)17-7-9-3-2-6-23-9/h4-5,8-9H,2-3,6-7H2,1H3,(H,16,20)(H2,17,18,21)/t9-/m1/s1. The number of nitrogens with one attached hydrogen (secondary N) is 3. The number of hydrogen-bond acceptors (Lipinski definition) is 5. The highest BCUT2D eigenvalue weighted by atomic mass is 16.5. The number of carbonyl (C=O) groups is 1. The van der Waals surface area contributed by atoms with Crippen LogP contribution >= 0.6 is 0 Å². The number of rotatable bonds is 4. The smallest absolute Gasteiger partial charge is 0.319 e. The summed E-state index contributed by atoms with van der Waals surface area (Å²) in [7, 11) is 1.48. The highest BCUT2D eigenvalue weighted by Crippen LogP contribution is 2.13. The molecule has 2 aromatic heterocycles. The highest BCUT2D eigenvalue weighted by Gasteiger charge is 2.17. The monoisotopic (exact) mass is 318 g/mol. The van der Waals surface area contributed by atoms with Crippen molar-refractivity contribution in [3.05, 3.63) is 28.6 Å². The Bertz CT molecular complexity index is 768. The van der Waals surface area contributed by atoms with E-state index in [0.717, 1.165) is 19.4 Å². The van der Waals surface area contributed by atoms with Gasteiger partial charge in [-0.3, -0.25) is 4.79 Å². The predicted molar refractivity (Wildman–Crippen MR) is 84.9 cm³/mol. The van der Waals surface area contributed by atoms with Gasteiger partial charge in [0.1, 0.15) is 11.2 Å². The summed E-state index contributed by atoms with van der Waals surface area (Å²) in [6, 6.07) is 2.90. The molecule has 0 spiro atoms. The predicted octanol–water partition coefficient (Wildman–Crippen LogP) is 1.23. The lowest BCUT2D eigenvalue weighted by atomic mass is 10.2. The van der Waals surface area contributed by atoms with Crippen LogP contribution in [0.2, 0.25) is 0 Å². The lowest BCUT2D eigenvalue weighted by molar-refractivity contribution is 0.112. The zero-order chi connectivity index (χ0) is 16.2. The van der Waals surface area contributed by atoms with Gasteiger partial charge in [-0.1, -0.05) is 0 Å². The van der Waals surface area contributed by atoms with E-state index >= 15 is 0 Å². The molecule has 0 unspecified atom stereocenters. The van der Waals surface area contributed by atoms with Gasteiger partial charge in [0.2, 0.25) is 11.3 Å². The van der Waals surface area contributed by atoms with Gasteiger partial charge in [0.05, 0.1) is 18.7 Å². The Balaban J connectivity index is 1.73. The van der Waals surface area contributed by atoms with Crippen molar-refractivity contribution >= 4 is 22.8 Å². The number of urea groups is 1. The molecule has 1 atom stereocenters. The summed E-state index contributed by atoms with van der Waals surface area (Å²) in [6.07, 6.45) is 3.43. The number of nitrogens with zero attached hydrogens (tertiary/aromatic N) is 1. The minimum absolute atomic E-state index is 0.0431. The number of fused-ring (bicyclic) bond motifs is 1. The zero-order valence-electron chi connectivity index (χ0n) is 12.7. The van der Waals surface area contributed by atoms with Crippen LogP contribution in [0.3, 0.4) is 0 Å². The van der Waals surface area contributed by atoms with Crippen LogP contribution in [0.15, 0.2) is 23.1 Å². The quantitative estimate of drug-likeness (QED) is 0.786. The van der Waals surface area contributed by atoms with Crippen LogP contribution < -0.4 is 20.8 Å². The van der Waals surface area contributed by atoms with E-state index in [0.29, 0.717) is 17.9 Å². The summed E-state index contributed by atoms with van der Waals surface area (Å²) in [6.45, 7) is 1.15. The van der Waals surface area contributed by atoms with E-state index in [1.54, 1.807) is 12.1 Å². The molecular weight excluding hydrogens is 300 g/mol. The van der Waals surface area contributed by atoms with Crippen LogP contribution in [-0.2, 0) is 4.74 Å². The minimum Gasteiger partial charge on any atom is -0.481 e. The van der Waals surface area contributed by atoms with E-state index in [1.165, 1.54) is 13.3 Å². The lowest BCUT2D eigenvalue weighted by Crippen LogP contribution is -2.36. The molecule has 8 heteroatoms. The van der Waals surface area contributed by atoms with Gasteiger partial charge in [0, 0.05) is 25.4 Å². The molecule has 0 aliphatic carbocycles. The summed E-state index contributed by atoms with van der Waals surface area (Å²) in [5, 5.41) is 5.23. The molecule has 3 N–H and O–H groups in total. The Hall–Kier alpha value is -2.61. The molecule has 1 aliphatic heterocycles. The van der Waals surface area contributed by atoms with Crippen LogP contribution in [0.1, 0.15) is 12.8 Å². The first kappa shape index (κ1) is 15.3. The summed E-state index contributed by atoms with van der Waals surface area (Å²) in [4.78, 5) is 31.3. The van der Waals surface area contributed by atoms with Crippen molar-refractivity contribution in [3.63, 3.8) is 0 Å². The van der Waals surface area contributed by atoms with Gasteiger partial charge in [0.25, 0.3) is 0 Å². The van der Waals surface area contributed by atoms with Crippen molar-refractivity contribution in [1.82, 2.24) is 15.3 Å². The van der Waals surface area contributed by atoms with E-state index in [9.17, 15) is 9.59 Å². The molecule has 3 heterocycles. The van der Waals surface area contributed by atoms with E-state index in [1.807, 2.05) is 0 Å². The van der Waals surface area contributed by atoms with Gasteiger partial charge in [0.15, 0.2) is 0 Å². The molecule has 0 aromatic carbocycles. The van der Waals surface area contributed by atoms with Crippen molar-refractivity contribution in [2.45, 2.75) is 18.9 Å². The normalized spacial score (nSPS) is 17.2. The fraction of sp³-hybridized carbons (Fsp3) is 0.400. The maximum atomic E-state index is 12.4. The molecule has 1 fully saturated rings. The molecule has 1 saturated heterocycles. The molecule has 1 aliphatic rings. The first-order valence-electron chi connectivity index (χ1n) is 7.40. The number of methoxy groups -OCH3 is 1. The lowest BCUT2D eigenvalue weighted by Gasteiger charge is -2.11. The van der Waals surface area contributed by atoms with Gasteiger partial charge in [-0.15, -0.1) is 0 Å². The van der Waals surface area contributed by atoms with Gasteiger partial charge < -0.3 is 25.1 Å². The number of anilines is 1. The SMILES string of the molecule is COc1ccc2[nH]cc(NC(=O)NC[C@H]3CCCO3)c(=O)c2n1. The fourth-order valence-corrected chi connectivity index (χ4v) is 2.46. The van der Waals surface area contributed by atoms with Gasteiger partial charge >= 0.3 is 6.03 Å². The zero-order valence-corrected chi connectivity index (χ0v) is 12.7. The Kier molecular flexibility index (Phi) is 4.42. The maximum absolute atomic E-state index is 12.4. The number of amides is 2. The third-order valence-corrected chi connectivity index (χ3v) is 3.67. The van der Waals surface area contributed by atoms with Crippen molar-refractivity contribution in [3.8, 4) is 5.88 Å². The third-order valence-electron chi connectivity index (χ3n) is 3.67. The average Bonchev–Trinajstić information content (AvgIpc) is 3.09. The van der Waals surface area contributed by atoms with Crippen LogP contribution in [-0.4, -0.2) is 42.4 Å². The Morgan fingerprint density at radius 1 is 1.52 bits per heavy atom. The van der Waals surface area contributed by atoms with E-state index < -0.39 is 6.03 Å². The van der Waals surface area contributed by atoms with Crippen LogP contribution in [0.5, 0.6) is 5.88 Å². The molecule has 0 saturated carbocycles. The van der Waals surface area contributed by atoms with Gasteiger partial charge in [-0.2, -0.15) is 0 Å². The molecule has 8 nitrogen and oxygen atoms in total.